The minimum Gasteiger partial charge on any atom is -0.350 e. The molecule has 2 aliphatic heterocycles. The number of carbonyl (C=O) groups is 1. The van der Waals surface area contributed by atoms with Crippen molar-refractivity contribution in [3.05, 3.63) is 42.2 Å². The van der Waals surface area contributed by atoms with E-state index in [9.17, 15) is 4.79 Å². The zero-order chi connectivity index (χ0) is 15.6. The topological polar surface area (TPSA) is 49.6 Å². The maximum atomic E-state index is 12.7. The molecule has 3 heterocycles. The summed E-state index contributed by atoms with van der Waals surface area (Å²) in [6, 6.07) is 12.1. The second-order valence-corrected chi connectivity index (χ2v) is 6.38. The van der Waals surface area contributed by atoms with Gasteiger partial charge in [-0.3, -0.25) is 9.69 Å². The molecule has 2 aromatic rings. The summed E-state index contributed by atoms with van der Waals surface area (Å²) in [6.45, 7) is 3.72. The predicted octanol–water partition coefficient (Wildman–Crippen LogP) is 2.65. The molecule has 0 unspecified atom stereocenters. The van der Waals surface area contributed by atoms with Crippen LogP contribution in [0.2, 0.25) is 0 Å². The summed E-state index contributed by atoms with van der Waals surface area (Å²) >= 11 is 0. The van der Waals surface area contributed by atoms with Crippen molar-refractivity contribution in [2.45, 2.75) is 25.3 Å². The van der Waals surface area contributed by atoms with Gasteiger partial charge in [-0.25, -0.2) is 0 Å². The fraction of sp³-hybridized carbons (Fsp3) is 0.444. The summed E-state index contributed by atoms with van der Waals surface area (Å²) in [4.78, 5) is 17.1. The lowest BCUT2D eigenvalue weighted by molar-refractivity contribution is 0.0344. The number of nitrogens with zero attached hydrogens (tertiary/aromatic N) is 3. The number of hydrogen-bond donors (Lipinski definition) is 0. The normalized spacial score (nSPS) is 21.9. The molecule has 4 rings (SSSR count). The number of rotatable bonds is 2. The van der Waals surface area contributed by atoms with E-state index in [1.54, 1.807) is 6.07 Å². The summed E-state index contributed by atoms with van der Waals surface area (Å²) in [6.07, 6.45) is 3.74. The van der Waals surface area contributed by atoms with Crippen LogP contribution in [0.1, 0.15) is 29.8 Å². The second kappa shape index (κ2) is 6.16. The largest absolute Gasteiger partial charge is 0.350 e. The second-order valence-electron chi connectivity index (χ2n) is 6.38. The van der Waals surface area contributed by atoms with Crippen LogP contribution < -0.4 is 0 Å². The quantitative estimate of drug-likeness (QED) is 0.855. The summed E-state index contributed by atoms with van der Waals surface area (Å²) in [5.41, 5.74) is 1.68. The van der Waals surface area contributed by atoms with Crippen molar-refractivity contribution in [1.29, 1.82) is 0 Å². The molecule has 0 N–H and O–H groups in total. The van der Waals surface area contributed by atoms with Crippen molar-refractivity contribution >= 4 is 5.91 Å². The SMILES string of the molecule is O=C(c1cc(-c2ccccc2)no1)N1CCN2CCCC[C@@H]2C1. The van der Waals surface area contributed by atoms with Crippen molar-refractivity contribution in [3.63, 3.8) is 0 Å². The monoisotopic (exact) mass is 311 g/mol. The highest BCUT2D eigenvalue weighted by Crippen LogP contribution is 2.24. The molecule has 5 nitrogen and oxygen atoms in total. The first-order valence-electron chi connectivity index (χ1n) is 8.37. The van der Waals surface area contributed by atoms with Crippen molar-refractivity contribution in [1.82, 2.24) is 15.0 Å². The van der Waals surface area contributed by atoms with Gasteiger partial charge in [-0.2, -0.15) is 0 Å². The standard InChI is InChI=1S/C18H21N3O2/c22-18(21-11-10-20-9-5-4-8-15(20)13-21)17-12-16(19-23-17)14-6-2-1-3-7-14/h1-3,6-7,12,15H,4-5,8-11,13H2/t15-/m1/s1. The van der Waals surface area contributed by atoms with Crippen LogP contribution in [0.3, 0.4) is 0 Å². The van der Waals surface area contributed by atoms with Crippen LogP contribution in [0.5, 0.6) is 0 Å². The van der Waals surface area contributed by atoms with Crippen LogP contribution in [0.4, 0.5) is 0 Å². The highest BCUT2D eigenvalue weighted by atomic mass is 16.5. The number of aromatic nitrogens is 1. The number of fused-ring (bicyclic) bond motifs is 1. The molecule has 1 aromatic carbocycles. The third kappa shape index (κ3) is 2.88. The zero-order valence-corrected chi connectivity index (χ0v) is 13.1. The van der Waals surface area contributed by atoms with Gasteiger partial charge in [0.1, 0.15) is 5.69 Å². The van der Waals surface area contributed by atoms with Crippen molar-refractivity contribution < 1.29 is 9.32 Å². The van der Waals surface area contributed by atoms with E-state index >= 15 is 0 Å². The summed E-state index contributed by atoms with van der Waals surface area (Å²) in [7, 11) is 0. The van der Waals surface area contributed by atoms with Crippen LogP contribution in [0.25, 0.3) is 11.3 Å². The van der Waals surface area contributed by atoms with Gasteiger partial charge in [0.05, 0.1) is 0 Å². The van der Waals surface area contributed by atoms with Gasteiger partial charge in [0.15, 0.2) is 0 Å². The van der Waals surface area contributed by atoms with Gasteiger partial charge in [0.2, 0.25) is 5.76 Å². The Hall–Kier alpha value is -2.14. The van der Waals surface area contributed by atoms with E-state index < -0.39 is 0 Å². The highest BCUT2D eigenvalue weighted by molar-refractivity contribution is 5.92. The molecular formula is C18H21N3O2. The molecule has 120 valence electrons. The summed E-state index contributed by atoms with van der Waals surface area (Å²) < 4.78 is 5.32. The van der Waals surface area contributed by atoms with Gasteiger partial charge in [0, 0.05) is 37.3 Å². The number of hydrogen-bond acceptors (Lipinski definition) is 4. The Morgan fingerprint density at radius 3 is 2.87 bits per heavy atom. The first-order chi connectivity index (χ1) is 11.3. The number of benzene rings is 1. The molecule has 1 amide bonds. The maximum absolute atomic E-state index is 12.7. The first-order valence-corrected chi connectivity index (χ1v) is 8.37. The molecule has 0 saturated carbocycles. The van der Waals surface area contributed by atoms with E-state index in [1.807, 2.05) is 35.2 Å². The highest BCUT2D eigenvalue weighted by Gasteiger charge is 2.32. The number of amides is 1. The van der Waals surface area contributed by atoms with Gasteiger partial charge in [0.25, 0.3) is 5.91 Å². The summed E-state index contributed by atoms with van der Waals surface area (Å²) in [5.74, 6) is 0.304. The van der Waals surface area contributed by atoms with Gasteiger partial charge in [-0.15, -0.1) is 0 Å². The molecule has 0 radical (unpaired) electrons. The van der Waals surface area contributed by atoms with E-state index in [2.05, 4.69) is 10.1 Å². The molecule has 2 saturated heterocycles. The predicted molar refractivity (Wildman–Crippen MR) is 87.1 cm³/mol. The minimum absolute atomic E-state index is 0.0371. The van der Waals surface area contributed by atoms with Crippen LogP contribution in [-0.4, -0.2) is 53.1 Å². The molecule has 2 aliphatic rings. The van der Waals surface area contributed by atoms with E-state index in [0.29, 0.717) is 17.5 Å². The van der Waals surface area contributed by atoms with Crippen molar-refractivity contribution in [2.24, 2.45) is 0 Å². The zero-order valence-electron chi connectivity index (χ0n) is 13.1. The molecule has 0 aliphatic carbocycles. The van der Waals surface area contributed by atoms with Crippen molar-refractivity contribution in [2.75, 3.05) is 26.2 Å². The van der Waals surface area contributed by atoms with E-state index in [4.69, 9.17) is 4.52 Å². The maximum Gasteiger partial charge on any atom is 0.292 e. The molecular weight excluding hydrogens is 290 g/mol. The number of piperazine rings is 1. The van der Waals surface area contributed by atoms with Crippen molar-refractivity contribution in [3.8, 4) is 11.3 Å². The lowest BCUT2D eigenvalue weighted by Crippen LogP contribution is -2.56. The average molecular weight is 311 g/mol. The average Bonchev–Trinajstić information content (AvgIpc) is 3.11. The molecule has 2 fully saturated rings. The van der Waals surface area contributed by atoms with E-state index in [-0.39, 0.29) is 5.91 Å². The fourth-order valence-electron chi connectivity index (χ4n) is 3.62. The molecule has 5 heteroatoms. The van der Waals surface area contributed by atoms with Gasteiger partial charge < -0.3 is 9.42 Å². The van der Waals surface area contributed by atoms with E-state index in [1.165, 1.54) is 25.8 Å². The Morgan fingerprint density at radius 1 is 1.13 bits per heavy atom. The van der Waals surface area contributed by atoms with Crippen LogP contribution >= 0.6 is 0 Å². The van der Waals surface area contributed by atoms with Crippen LogP contribution in [-0.2, 0) is 0 Å². The third-order valence-electron chi connectivity index (χ3n) is 4.92. The lowest BCUT2D eigenvalue weighted by atomic mass is 9.99. The number of piperidine rings is 1. The fourth-order valence-corrected chi connectivity index (χ4v) is 3.62. The number of carbonyl (C=O) groups excluding carboxylic acids is 1. The Morgan fingerprint density at radius 2 is 2.00 bits per heavy atom. The van der Waals surface area contributed by atoms with Gasteiger partial charge in [-0.05, 0) is 19.4 Å². The molecule has 1 aromatic heterocycles. The Labute approximate surface area is 135 Å². The Balaban J connectivity index is 1.48. The smallest absolute Gasteiger partial charge is 0.292 e. The molecule has 0 bridgehead atoms. The lowest BCUT2D eigenvalue weighted by Gasteiger charge is -2.43. The summed E-state index contributed by atoms with van der Waals surface area (Å²) in [5, 5.41) is 4.05. The molecule has 1 atom stereocenters. The van der Waals surface area contributed by atoms with Gasteiger partial charge >= 0.3 is 0 Å². The van der Waals surface area contributed by atoms with Crippen LogP contribution in [0, 0.1) is 0 Å². The molecule has 23 heavy (non-hydrogen) atoms. The Bertz CT molecular complexity index is 683. The van der Waals surface area contributed by atoms with Gasteiger partial charge in [-0.1, -0.05) is 41.9 Å². The Kier molecular flexibility index (Phi) is 3.87. The molecule has 0 spiro atoms. The first kappa shape index (κ1) is 14.5. The van der Waals surface area contributed by atoms with Crippen LogP contribution in [0.15, 0.2) is 40.9 Å². The van der Waals surface area contributed by atoms with E-state index in [0.717, 1.165) is 25.2 Å². The third-order valence-corrected chi connectivity index (χ3v) is 4.92. The minimum atomic E-state index is -0.0371.